The summed E-state index contributed by atoms with van der Waals surface area (Å²) in [4.78, 5) is 0. The van der Waals surface area contributed by atoms with Gasteiger partial charge >= 0.3 is 0 Å². The van der Waals surface area contributed by atoms with Crippen LogP contribution < -0.4 is 0 Å². The molecule has 0 aromatic rings. The Bertz CT molecular complexity index is 66.8. The van der Waals surface area contributed by atoms with Gasteiger partial charge in [-0.3, -0.25) is 0 Å². The molecule has 0 aliphatic carbocycles. The third-order valence-electron chi connectivity index (χ3n) is 0.951. The lowest BCUT2D eigenvalue weighted by Crippen LogP contribution is -1.98. The van der Waals surface area contributed by atoms with Crippen LogP contribution in [-0.4, -0.2) is 13.7 Å². The third-order valence-corrected chi connectivity index (χ3v) is 0.951. The molecule has 0 rings (SSSR count). The van der Waals surface area contributed by atoms with Crippen molar-refractivity contribution < 1.29 is 4.74 Å². The van der Waals surface area contributed by atoms with Crippen molar-refractivity contribution in [2.45, 2.75) is 13.8 Å². The average Bonchev–Trinajstić information content (AvgIpc) is 1.68. The Morgan fingerprint density at radius 2 is 2.25 bits per heavy atom. The molecule has 0 aliphatic heterocycles. The van der Waals surface area contributed by atoms with Gasteiger partial charge in [-0.1, -0.05) is 19.1 Å². The predicted octanol–water partition coefficient (Wildman–Crippen LogP) is 1.84. The summed E-state index contributed by atoms with van der Waals surface area (Å²) < 4.78 is 4.90. The molecule has 0 aromatic carbocycles. The zero-order chi connectivity index (χ0) is 6.41. The number of methoxy groups -OCH3 is 1. The van der Waals surface area contributed by atoms with Gasteiger partial charge in [-0.25, -0.2) is 0 Å². The van der Waals surface area contributed by atoms with Crippen molar-refractivity contribution in [3.8, 4) is 0 Å². The fourth-order valence-corrected chi connectivity index (χ4v) is 0.647. The summed E-state index contributed by atoms with van der Waals surface area (Å²) in [6.45, 7) is 4.97. The second kappa shape index (κ2) is 4.85. The minimum Gasteiger partial charge on any atom is -0.384 e. The van der Waals surface area contributed by atoms with E-state index >= 15 is 0 Å². The molecule has 0 N–H and O–H groups in total. The van der Waals surface area contributed by atoms with Crippen LogP contribution in [-0.2, 0) is 4.74 Å². The summed E-state index contributed by atoms with van der Waals surface area (Å²) in [6.07, 6.45) is 4.17. The molecular formula is C7H14O. The lowest BCUT2D eigenvalue weighted by molar-refractivity contribution is 0.176. The van der Waals surface area contributed by atoms with Gasteiger partial charge in [0.1, 0.15) is 0 Å². The van der Waals surface area contributed by atoms with Crippen LogP contribution in [0.1, 0.15) is 13.8 Å². The van der Waals surface area contributed by atoms with Crippen molar-refractivity contribution in [3.63, 3.8) is 0 Å². The van der Waals surface area contributed by atoms with Crippen LogP contribution in [0.3, 0.4) is 0 Å². The summed E-state index contributed by atoms with van der Waals surface area (Å²) in [7, 11) is 1.72. The molecule has 0 saturated carbocycles. The Morgan fingerprint density at radius 1 is 1.62 bits per heavy atom. The van der Waals surface area contributed by atoms with E-state index in [1.165, 1.54) is 0 Å². The maximum atomic E-state index is 4.90. The quantitative estimate of drug-likeness (QED) is 0.509. The predicted molar refractivity (Wildman–Crippen MR) is 35.9 cm³/mol. The van der Waals surface area contributed by atoms with Crippen LogP contribution in [0.4, 0.5) is 0 Å². The molecule has 0 fully saturated rings. The molecule has 0 spiro atoms. The van der Waals surface area contributed by atoms with Crippen LogP contribution in [0.15, 0.2) is 12.2 Å². The number of rotatable bonds is 3. The Balaban J connectivity index is 3.17. The highest BCUT2D eigenvalue weighted by molar-refractivity contribution is 4.82. The molecule has 0 aromatic heterocycles. The maximum absolute atomic E-state index is 4.90. The van der Waals surface area contributed by atoms with E-state index in [-0.39, 0.29) is 0 Å². The van der Waals surface area contributed by atoms with E-state index in [9.17, 15) is 0 Å². The van der Waals surface area contributed by atoms with Crippen molar-refractivity contribution in [1.82, 2.24) is 0 Å². The summed E-state index contributed by atoms with van der Waals surface area (Å²) in [5.74, 6) is 0.560. The Labute approximate surface area is 51.4 Å². The number of ether oxygens (including phenoxy) is 1. The number of allylic oxidation sites excluding steroid dienone is 1. The van der Waals surface area contributed by atoms with Crippen molar-refractivity contribution in [3.05, 3.63) is 12.2 Å². The second-order valence-electron chi connectivity index (χ2n) is 1.96. The largest absolute Gasteiger partial charge is 0.384 e. The molecule has 0 radical (unpaired) electrons. The number of hydrogen-bond acceptors (Lipinski definition) is 1. The molecule has 0 bridgehead atoms. The first-order valence-corrected chi connectivity index (χ1v) is 2.93. The van der Waals surface area contributed by atoms with Gasteiger partial charge in [0, 0.05) is 7.11 Å². The monoisotopic (exact) mass is 114 g/mol. The van der Waals surface area contributed by atoms with Crippen LogP contribution >= 0.6 is 0 Å². The Morgan fingerprint density at radius 3 is 2.62 bits per heavy atom. The van der Waals surface area contributed by atoms with Crippen LogP contribution in [0.25, 0.3) is 0 Å². The standard InChI is InChI=1S/C7H14O/c1-4-5-7(2)6-8-3/h4-5,7H,6H2,1-3H3/b5-4+/t7-/m1/s1. The van der Waals surface area contributed by atoms with Crippen molar-refractivity contribution in [2.75, 3.05) is 13.7 Å². The normalized spacial score (nSPS) is 14.9. The van der Waals surface area contributed by atoms with Gasteiger partial charge in [0.05, 0.1) is 6.61 Å². The molecule has 0 amide bonds. The summed E-state index contributed by atoms with van der Waals surface area (Å²) >= 11 is 0. The molecule has 0 saturated heterocycles. The molecule has 0 unspecified atom stereocenters. The molecule has 0 aliphatic rings. The molecule has 48 valence electrons. The molecule has 1 heteroatoms. The topological polar surface area (TPSA) is 9.23 Å². The van der Waals surface area contributed by atoms with E-state index in [0.29, 0.717) is 5.92 Å². The van der Waals surface area contributed by atoms with Crippen molar-refractivity contribution in [2.24, 2.45) is 5.92 Å². The van der Waals surface area contributed by atoms with Gasteiger partial charge in [-0.2, -0.15) is 0 Å². The smallest absolute Gasteiger partial charge is 0.0522 e. The second-order valence-corrected chi connectivity index (χ2v) is 1.96. The average molecular weight is 114 g/mol. The van der Waals surface area contributed by atoms with Gasteiger partial charge < -0.3 is 4.74 Å². The summed E-state index contributed by atoms with van der Waals surface area (Å²) in [6, 6.07) is 0. The van der Waals surface area contributed by atoms with E-state index in [4.69, 9.17) is 4.74 Å². The van der Waals surface area contributed by atoms with E-state index in [2.05, 4.69) is 13.0 Å². The zero-order valence-electron chi connectivity index (χ0n) is 5.85. The van der Waals surface area contributed by atoms with Gasteiger partial charge in [-0.15, -0.1) is 0 Å². The third kappa shape index (κ3) is 3.88. The minimum atomic E-state index is 0.560. The molecule has 1 nitrogen and oxygen atoms in total. The number of hydrogen-bond donors (Lipinski definition) is 0. The van der Waals surface area contributed by atoms with Gasteiger partial charge in [-0.05, 0) is 12.8 Å². The van der Waals surface area contributed by atoms with E-state index < -0.39 is 0 Å². The SMILES string of the molecule is C/C=C/[C@@H](C)COC. The zero-order valence-corrected chi connectivity index (χ0v) is 5.85. The van der Waals surface area contributed by atoms with Crippen LogP contribution in [0.5, 0.6) is 0 Å². The Hall–Kier alpha value is -0.300. The molecular weight excluding hydrogens is 100 g/mol. The Kier molecular flexibility index (Phi) is 4.67. The molecule has 0 heterocycles. The fourth-order valence-electron chi connectivity index (χ4n) is 0.647. The highest BCUT2D eigenvalue weighted by Gasteiger charge is 1.90. The summed E-state index contributed by atoms with van der Waals surface area (Å²) in [5, 5.41) is 0. The van der Waals surface area contributed by atoms with E-state index in [1.807, 2.05) is 13.0 Å². The minimum absolute atomic E-state index is 0.560. The van der Waals surface area contributed by atoms with E-state index in [0.717, 1.165) is 6.61 Å². The highest BCUT2D eigenvalue weighted by atomic mass is 16.5. The van der Waals surface area contributed by atoms with Crippen LogP contribution in [0, 0.1) is 5.92 Å². The van der Waals surface area contributed by atoms with Gasteiger partial charge in [0.2, 0.25) is 0 Å². The first-order valence-electron chi connectivity index (χ1n) is 2.93. The lowest BCUT2D eigenvalue weighted by atomic mass is 10.2. The van der Waals surface area contributed by atoms with Gasteiger partial charge in [0.25, 0.3) is 0 Å². The van der Waals surface area contributed by atoms with E-state index in [1.54, 1.807) is 7.11 Å². The van der Waals surface area contributed by atoms with Crippen molar-refractivity contribution >= 4 is 0 Å². The van der Waals surface area contributed by atoms with Gasteiger partial charge in [0.15, 0.2) is 0 Å². The molecule has 8 heavy (non-hydrogen) atoms. The molecule has 1 atom stereocenters. The first kappa shape index (κ1) is 7.70. The van der Waals surface area contributed by atoms with Crippen molar-refractivity contribution in [1.29, 1.82) is 0 Å². The fraction of sp³-hybridized carbons (Fsp3) is 0.714. The van der Waals surface area contributed by atoms with Crippen LogP contribution in [0.2, 0.25) is 0 Å². The maximum Gasteiger partial charge on any atom is 0.0522 e. The highest BCUT2D eigenvalue weighted by Crippen LogP contribution is 1.95. The first-order chi connectivity index (χ1) is 3.81. The lowest BCUT2D eigenvalue weighted by Gasteiger charge is -2.00. The summed E-state index contributed by atoms with van der Waals surface area (Å²) in [5.41, 5.74) is 0.